The number of hydrogen-bond donors (Lipinski definition) is 1. The van der Waals surface area contributed by atoms with E-state index in [1.807, 2.05) is 13.8 Å². The van der Waals surface area contributed by atoms with Crippen molar-refractivity contribution in [1.82, 2.24) is 20.1 Å². The molecule has 5 rings (SSSR count). The number of carbonyl (C=O) groups excluding carboxylic acids is 1. The second-order valence-electron chi connectivity index (χ2n) is 8.97. The van der Waals surface area contributed by atoms with Gasteiger partial charge in [0.25, 0.3) is 12.3 Å². The first-order valence-electron chi connectivity index (χ1n) is 11.4. The summed E-state index contributed by atoms with van der Waals surface area (Å²) in [6.07, 6.45) is 1.20. The summed E-state index contributed by atoms with van der Waals surface area (Å²) in [5, 5.41) is 8.54. The van der Waals surface area contributed by atoms with Crippen LogP contribution in [-0.4, -0.2) is 33.0 Å². The molecule has 2 heterocycles. The molecule has 34 heavy (non-hydrogen) atoms. The molecule has 7 heteroatoms. The second kappa shape index (κ2) is 8.63. The van der Waals surface area contributed by atoms with E-state index in [1.165, 1.54) is 23.9 Å². The van der Waals surface area contributed by atoms with Gasteiger partial charge >= 0.3 is 0 Å². The predicted octanol–water partition coefficient (Wildman–Crippen LogP) is 6.33. The van der Waals surface area contributed by atoms with Crippen molar-refractivity contribution in [3.63, 3.8) is 0 Å². The van der Waals surface area contributed by atoms with Gasteiger partial charge in [0.15, 0.2) is 0 Å². The Morgan fingerprint density at radius 1 is 1.18 bits per heavy atom. The van der Waals surface area contributed by atoms with Crippen LogP contribution < -0.4 is 0 Å². The highest BCUT2D eigenvalue weighted by Gasteiger charge is 2.32. The van der Waals surface area contributed by atoms with Gasteiger partial charge in [-0.3, -0.25) is 14.9 Å². The zero-order chi connectivity index (χ0) is 24.0. The van der Waals surface area contributed by atoms with Crippen LogP contribution in [0.1, 0.15) is 63.7 Å². The van der Waals surface area contributed by atoms with Crippen molar-refractivity contribution in [2.75, 3.05) is 7.05 Å². The highest BCUT2D eigenvalue weighted by molar-refractivity contribution is 5.94. The van der Waals surface area contributed by atoms with Crippen LogP contribution in [0.3, 0.4) is 0 Å². The van der Waals surface area contributed by atoms with Gasteiger partial charge in [0.1, 0.15) is 5.69 Å². The van der Waals surface area contributed by atoms with Crippen molar-refractivity contribution in [3.8, 4) is 11.1 Å². The molecule has 1 amide bonds. The molecule has 2 aromatic heterocycles. The van der Waals surface area contributed by atoms with Gasteiger partial charge < -0.3 is 4.90 Å². The van der Waals surface area contributed by atoms with Crippen LogP contribution in [0, 0.1) is 13.8 Å². The van der Waals surface area contributed by atoms with Crippen LogP contribution in [0.25, 0.3) is 22.0 Å². The largest absolute Gasteiger partial charge is 0.333 e. The maximum atomic E-state index is 13.5. The Bertz CT molecular complexity index is 1390. The normalized spacial score (nSPS) is 15.5. The fraction of sp³-hybridized carbons (Fsp3) is 0.296. The number of halogens is 2. The summed E-state index contributed by atoms with van der Waals surface area (Å²) in [7, 11) is 1.69. The minimum absolute atomic E-state index is 0.180. The lowest BCUT2D eigenvalue weighted by molar-refractivity contribution is 0.0696. The van der Waals surface area contributed by atoms with E-state index in [2.05, 4.69) is 45.5 Å². The maximum Gasteiger partial charge on any atom is 0.273 e. The molecule has 0 bridgehead atoms. The van der Waals surface area contributed by atoms with Gasteiger partial charge in [-0.15, -0.1) is 0 Å². The summed E-state index contributed by atoms with van der Waals surface area (Å²) in [4.78, 5) is 18.9. The summed E-state index contributed by atoms with van der Waals surface area (Å²) in [5.74, 6) is -0.480. The third-order valence-electron chi connectivity index (χ3n) is 6.93. The van der Waals surface area contributed by atoms with Gasteiger partial charge in [-0.1, -0.05) is 24.3 Å². The third-order valence-corrected chi connectivity index (χ3v) is 6.93. The quantitative estimate of drug-likeness (QED) is 0.387. The van der Waals surface area contributed by atoms with E-state index in [9.17, 15) is 13.6 Å². The van der Waals surface area contributed by atoms with Gasteiger partial charge in [0.05, 0.1) is 11.6 Å². The van der Waals surface area contributed by atoms with E-state index < -0.39 is 12.3 Å². The second-order valence-corrected chi connectivity index (χ2v) is 8.97. The lowest BCUT2D eigenvalue weighted by Gasteiger charge is -2.35. The van der Waals surface area contributed by atoms with E-state index in [4.69, 9.17) is 0 Å². The van der Waals surface area contributed by atoms with Crippen molar-refractivity contribution in [3.05, 3.63) is 82.3 Å². The Labute approximate surface area is 196 Å². The zero-order valence-corrected chi connectivity index (χ0v) is 19.4. The molecular formula is C27H26F2N4O. The van der Waals surface area contributed by atoms with Gasteiger partial charge in [-0.2, -0.15) is 5.10 Å². The lowest BCUT2D eigenvalue weighted by atomic mass is 9.80. The van der Waals surface area contributed by atoms with E-state index in [1.54, 1.807) is 11.9 Å². The van der Waals surface area contributed by atoms with E-state index >= 15 is 0 Å². The third kappa shape index (κ3) is 3.65. The molecule has 0 saturated carbocycles. The van der Waals surface area contributed by atoms with Crippen molar-refractivity contribution < 1.29 is 13.6 Å². The number of nitrogens with zero attached hydrogens (tertiary/aromatic N) is 3. The van der Waals surface area contributed by atoms with E-state index in [-0.39, 0.29) is 17.3 Å². The maximum absolute atomic E-state index is 13.5. The highest BCUT2D eigenvalue weighted by atomic mass is 19.3. The standard InChI is InChI=1S/C27H26F2N4O/c1-15-9-11-19(17-10-12-18-16(2)31-32-22(18)14-17)20-6-4-8-23(24(15)20)33(3)27(34)25-21(26(28)29)7-5-13-30-25/h5,7,9-14,23,26H,4,6,8H2,1-3H3,(H,31,32). The molecule has 1 aliphatic rings. The van der Waals surface area contributed by atoms with Gasteiger partial charge in [-0.25, -0.2) is 8.78 Å². The van der Waals surface area contributed by atoms with Gasteiger partial charge in [-0.05, 0) is 79.1 Å². The summed E-state index contributed by atoms with van der Waals surface area (Å²) < 4.78 is 27.1. The molecule has 4 aromatic rings. The Kier molecular flexibility index (Phi) is 5.63. The number of benzene rings is 2. The minimum atomic E-state index is -2.76. The average molecular weight is 461 g/mol. The van der Waals surface area contributed by atoms with Crippen LogP contribution in [0.15, 0.2) is 48.7 Å². The van der Waals surface area contributed by atoms with E-state index in [0.717, 1.165) is 58.1 Å². The van der Waals surface area contributed by atoms with Crippen molar-refractivity contribution in [2.24, 2.45) is 0 Å². The van der Waals surface area contributed by atoms with Crippen LogP contribution in [-0.2, 0) is 6.42 Å². The molecule has 0 saturated heterocycles. The molecule has 0 spiro atoms. The molecule has 1 N–H and O–H groups in total. The van der Waals surface area contributed by atoms with Gasteiger partial charge in [0, 0.05) is 29.9 Å². The average Bonchev–Trinajstić information content (AvgIpc) is 3.23. The van der Waals surface area contributed by atoms with Crippen molar-refractivity contribution in [1.29, 1.82) is 0 Å². The molecule has 2 aromatic carbocycles. The Morgan fingerprint density at radius 3 is 2.79 bits per heavy atom. The molecule has 1 aliphatic carbocycles. The zero-order valence-electron chi connectivity index (χ0n) is 19.4. The fourth-order valence-electron chi connectivity index (χ4n) is 5.18. The SMILES string of the molecule is Cc1ccc(-c2ccc3c(C)[nH]nc3c2)c2c1C(N(C)C(=O)c1ncccc1C(F)F)CCC2. The van der Waals surface area contributed by atoms with Crippen molar-refractivity contribution in [2.45, 2.75) is 45.6 Å². The number of rotatable bonds is 4. The number of aromatic amines is 1. The summed E-state index contributed by atoms with van der Waals surface area (Å²) in [6.45, 7) is 4.05. The fourth-order valence-corrected chi connectivity index (χ4v) is 5.18. The lowest BCUT2D eigenvalue weighted by Crippen LogP contribution is -2.35. The molecule has 0 aliphatic heterocycles. The number of pyridine rings is 1. The molecule has 0 fully saturated rings. The number of amides is 1. The Balaban J connectivity index is 1.57. The molecule has 1 atom stereocenters. The topological polar surface area (TPSA) is 61.9 Å². The van der Waals surface area contributed by atoms with Gasteiger partial charge in [0.2, 0.25) is 0 Å². The molecular weight excluding hydrogens is 434 g/mol. The number of nitrogens with one attached hydrogen (secondary N) is 1. The molecule has 5 nitrogen and oxygen atoms in total. The Morgan fingerprint density at radius 2 is 2.00 bits per heavy atom. The predicted molar refractivity (Wildman–Crippen MR) is 128 cm³/mol. The number of alkyl halides is 2. The molecule has 1 unspecified atom stereocenters. The van der Waals surface area contributed by atoms with E-state index in [0.29, 0.717) is 0 Å². The number of H-pyrrole nitrogens is 1. The summed E-state index contributed by atoms with van der Waals surface area (Å²) >= 11 is 0. The van der Waals surface area contributed by atoms with Crippen molar-refractivity contribution >= 4 is 16.8 Å². The smallest absolute Gasteiger partial charge is 0.273 e. The minimum Gasteiger partial charge on any atom is -0.333 e. The summed E-state index contributed by atoms with van der Waals surface area (Å²) in [5.41, 5.74) is 7.04. The first-order chi connectivity index (χ1) is 16.4. The van der Waals surface area contributed by atoms with Crippen LogP contribution in [0.2, 0.25) is 0 Å². The highest BCUT2D eigenvalue weighted by Crippen LogP contribution is 2.41. The molecule has 0 radical (unpaired) electrons. The first-order valence-corrected chi connectivity index (χ1v) is 11.4. The Hall–Kier alpha value is -3.61. The molecule has 174 valence electrons. The monoisotopic (exact) mass is 460 g/mol. The van der Waals surface area contributed by atoms with Crippen LogP contribution in [0.5, 0.6) is 0 Å². The van der Waals surface area contributed by atoms with Crippen LogP contribution >= 0.6 is 0 Å². The number of aryl methyl sites for hydroxylation is 2. The number of hydrogen-bond acceptors (Lipinski definition) is 3. The summed E-state index contributed by atoms with van der Waals surface area (Å²) in [6, 6.07) is 13.0. The number of aromatic nitrogens is 3. The number of fused-ring (bicyclic) bond motifs is 2. The van der Waals surface area contributed by atoms with Crippen LogP contribution in [0.4, 0.5) is 8.78 Å². The first kappa shape index (κ1) is 22.2. The number of carbonyl (C=O) groups is 1.